The first-order valence-electron chi connectivity index (χ1n) is 12.5. The smallest absolute Gasteiger partial charge is 0.338 e. The van der Waals surface area contributed by atoms with Crippen LogP contribution >= 0.6 is 56.5 Å². The number of carbonyl (C=O) groups is 1. The highest BCUT2D eigenvalue weighted by Crippen LogP contribution is 2.32. The van der Waals surface area contributed by atoms with Gasteiger partial charge in [0.1, 0.15) is 24.0 Å². The molecule has 1 aromatic heterocycles. The zero-order valence-corrected chi connectivity index (χ0v) is 26.9. The first kappa shape index (κ1) is 29.6. The lowest BCUT2D eigenvalue weighted by atomic mass is 9.96. The Morgan fingerprint density at radius 2 is 1.78 bits per heavy atom. The van der Waals surface area contributed by atoms with E-state index in [-0.39, 0.29) is 30.2 Å². The minimum atomic E-state index is -0.817. The Kier molecular flexibility index (Phi) is 9.04. The van der Waals surface area contributed by atoms with Gasteiger partial charge in [-0.2, -0.15) is 0 Å². The number of hydrogen-bond acceptors (Lipinski definition) is 6. The number of carbonyl (C=O) groups excluding carboxylic acids is 1. The molecule has 210 valence electrons. The summed E-state index contributed by atoms with van der Waals surface area (Å²) in [6, 6.07) is 15.1. The summed E-state index contributed by atoms with van der Waals surface area (Å²) in [6.45, 7) is 3.65. The van der Waals surface area contributed by atoms with Crippen molar-refractivity contribution < 1.29 is 23.0 Å². The van der Waals surface area contributed by atoms with Crippen LogP contribution < -0.4 is 19.6 Å². The summed E-state index contributed by atoms with van der Waals surface area (Å²) in [5.74, 6) is -0.707. The third-order valence-electron chi connectivity index (χ3n) is 6.35. The minimum absolute atomic E-state index is 0.0855. The molecule has 1 aliphatic rings. The molecule has 0 amide bonds. The van der Waals surface area contributed by atoms with Gasteiger partial charge in [0.15, 0.2) is 4.80 Å². The molecule has 0 spiro atoms. The van der Waals surface area contributed by atoms with E-state index in [0.717, 1.165) is 12.7 Å². The molecule has 1 aliphatic heterocycles. The summed E-state index contributed by atoms with van der Waals surface area (Å²) in [4.78, 5) is 31.8. The van der Waals surface area contributed by atoms with Crippen LogP contribution in [0.2, 0.25) is 0 Å². The van der Waals surface area contributed by atoms with Crippen molar-refractivity contribution in [2.45, 2.75) is 26.5 Å². The Morgan fingerprint density at radius 1 is 1.10 bits per heavy atom. The number of allylic oxidation sites excluding steroid dienone is 1. The van der Waals surface area contributed by atoms with Crippen LogP contribution in [0.15, 0.2) is 81.7 Å². The predicted molar refractivity (Wildman–Crippen MR) is 169 cm³/mol. The van der Waals surface area contributed by atoms with E-state index in [1.807, 2.05) is 12.1 Å². The number of esters is 1. The van der Waals surface area contributed by atoms with Crippen LogP contribution in [0.25, 0.3) is 6.08 Å². The first-order chi connectivity index (χ1) is 19.7. The normalized spacial score (nSPS) is 15.0. The fraction of sp³-hybridized carbons (Fsp3) is 0.167. The topological polar surface area (TPSA) is 69.9 Å². The summed E-state index contributed by atoms with van der Waals surface area (Å²) in [5, 5.41) is 0. The average Bonchev–Trinajstić information content (AvgIpc) is 3.23. The molecule has 41 heavy (non-hydrogen) atoms. The summed E-state index contributed by atoms with van der Waals surface area (Å²) in [6.07, 6.45) is 1.76. The van der Waals surface area contributed by atoms with E-state index in [1.54, 1.807) is 50.3 Å². The Bertz CT molecular complexity index is 1840. The summed E-state index contributed by atoms with van der Waals surface area (Å²) in [7, 11) is 0. The summed E-state index contributed by atoms with van der Waals surface area (Å²) >= 11 is 5.51. The number of halogens is 4. The fourth-order valence-electron chi connectivity index (χ4n) is 4.47. The van der Waals surface area contributed by atoms with Crippen LogP contribution in [0.5, 0.6) is 5.75 Å². The number of hydrogen-bond donors (Lipinski definition) is 0. The molecule has 0 bridgehead atoms. The number of aromatic nitrogens is 1. The SMILES string of the molecule is CCOC(=O)C1=C(C)N=c2s/c(=C\c3cc(I)c(OCc4ccccc4F)c(I)c3)c(=O)n2[C@@H]1c1ccc(F)cc1. The van der Waals surface area contributed by atoms with Crippen molar-refractivity contribution >= 4 is 68.6 Å². The molecule has 0 radical (unpaired) electrons. The average molecular weight is 798 g/mol. The molecule has 0 saturated carbocycles. The number of rotatable bonds is 7. The molecular formula is C30H22F2I2N2O4S. The highest BCUT2D eigenvalue weighted by molar-refractivity contribution is 14.1. The lowest BCUT2D eigenvalue weighted by molar-refractivity contribution is -0.139. The largest absolute Gasteiger partial charge is 0.487 e. The van der Waals surface area contributed by atoms with Gasteiger partial charge in [0.2, 0.25) is 0 Å². The number of ether oxygens (including phenoxy) is 2. The zero-order chi connectivity index (χ0) is 29.3. The van der Waals surface area contributed by atoms with Gasteiger partial charge in [-0.15, -0.1) is 0 Å². The summed E-state index contributed by atoms with van der Waals surface area (Å²) < 4.78 is 42.5. The molecule has 3 aromatic carbocycles. The lowest BCUT2D eigenvalue weighted by Gasteiger charge is -2.24. The minimum Gasteiger partial charge on any atom is -0.487 e. The van der Waals surface area contributed by atoms with Crippen molar-refractivity contribution in [3.8, 4) is 5.75 Å². The van der Waals surface area contributed by atoms with E-state index in [4.69, 9.17) is 9.47 Å². The van der Waals surface area contributed by atoms with Gasteiger partial charge in [-0.05, 0) is 107 Å². The van der Waals surface area contributed by atoms with Gasteiger partial charge < -0.3 is 9.47 Å². The van der Waals surface area contributed by atoms with Gasteiger partial charge in [-0.25, -0.2) is 18.6 Å². The van der Waals surface area contributed by atoms with E-state index in [9.17, 15) is 18.4 Å². The summed E-state index contributed by atoms with van der Waals surface area (Å²) in [5.41, 5.74) is 2.13. The van der Waals surface area contributed by atoms with Gasteiger partial charge in [0.25, 0.3) is 5.56 Å². The monoisotopic (exact) mass is 798 g/mol. The van der Waals surface area contributed by atoms with Gasteiger partial charge in [0.05, 0.1) is 35.6 Å². The molecule has 11 heteroatoms. The molecule has 0 saturated heterocycles. The third kappa shape index (κ3) is 6.16. The van der Waals surface area contributed by atoms with Crippen molar-refractivity contribution in [3.05, 3.63) is 127 Å². The van der Waals surface area contributed by atoms with E-state index in [1.165, 1.54) is 34.1 Å². The maximum absolute atomic E-state index is 14.0. The van der Waals surface area contributed by atoms with Crippen molar-refractivity contribution in [1.29, 1.82) is 0 Å². The molecule has 4 aromatic rings. The second kappa shape index (κ2) is 12.5. The van der Waals surface area contributed by atoms with E-state index < -0.39 is 17.8 Å². The number of nitrogens with zero attached hydrogens (tertiary/aromatic N) is 2. The number of benzene rings is 3. The van der Waals surface area contributed by atoms with E-state index >= 15 is 0 Å². The molecule has 5 rings (SSSR count). The Hall–Kier alpha value is -2.91. The molecule has 0 unspecified atom stereocenters. The second-order valence-corrected chi connectivity index (χ2v) is 12.4. The maximum Gasteiger partial charge on any atom is 0.338 e. The maximum atomic E-state index is 14.0. The molecule has 0 aliphatic carbocycles. The molecule has 6 nitrogen and oxygen atoms in total. The Morgan fingerprint density at radius 3 is 2.44 bits per heavy atom. The molecule has 1 atom stereocenters. The van der Waals surface area contributed by atoms with Crippen LogP contribution in [-0.2, 0) is 16.1 Å². The van der Waals surface area contributed by atoms with Gasteiger partial charge in [-0.3, -0.25) is 9.36 Å². The molecule has 0 fully saturated rings. The van der Waals surface area contributed by atoms with Crippen molar-refractivity contribution in [2.24, 2.45) is 4.99 Å². The number of thiazole rings is 1. The fourth-order valence-corrected chi connectivity index (χ4v) is 7.64. The molecule has 0 N–H and O–H groups in total. The van der Waals surface area contributed by atoms with Gasteiger partial charge >= 0.3 is 5.97 Å². The number of fused-ring (bicyclic) bond motifs is 1. The van der Waals surface area contributed by atoms with E-state index in [0.29, 0.717) is 31.9 Å². The lowest BCUT2D eigenvalue weighted by Crippen LogP contribution is -2.39. The van der Waals surface area contributed by atoms with Crippen LogP contribution in [0, 0.1) is 18.8 Å². The van der Waals surface area contributed by atoms with Gasteiger partial charge in [-0.1, -0.05) is 41.7 Å². The van der Waals surface area contributed by atoms with Crippen molar-refractivity contribution in [3.63, 3.8) is 0 Å². The Balaban J connectivity index is 1.56. The van der Waals surface area contributed by atoms with E-state index in [2.05, 4.69) is 50.2 Å². The Labute approximate surface area is 265 Å². The quantitative estimate of drug-likeness (QED) is 0.174. The van der Waals surface area contributed by atoms with Crippen molar-refractivity contribution in [1.82, 2.24) is 4.57 Å². The standard InChI is InChI=1S/C30H22F2I2N2O4S/c1-3-39-29(38)25-16(2)35-30-36(26(25)18-8-10-20(31)11-9-18)28(37)24(41-30)14-17-12-22(33)27(23(34)13-17)40-15-19-6-4-5-7-21(19)32/h4-14,26H,3,15H2,1-2H3/b24-14-/t26-/m1/s1. The highest BCUT2D eigenvalue weighted by atomic mass is 127. The molecular weight excluding hydrogens is 776 g/mol. The predicted octanol–water partition coefficient (Wildman–Crippen LogP) is 5.86. The zero-order valence-electron chi connectivity index (χ0n) is 21.8. The van der Waals surface area contributed by atoms with Crippen LogP contribution in [0.3, 0.4) is 0 Å². The second-order valence-electron chi connectivity index (χ2n) is 9.05. The van der Waals surface area contributed by atoms with Crippen LogP contribution in [-0.4, -0.2) is 17.1 Å². The van der Waals surface area contributed by atoms with Gasteiger partial charge in [0, 0.05) is 5.56 Å². The first-order valence-corrected chi connectivity index (χ1v) is 15.5. The van der Waals surface area contributed by atoms with Crippen LogP contribution in [0.1, 0.15) is 36.6 Å². The van der Waals surface area contributed by atoms with Crippen LogP contribution in [0.4, 0.5) is 8.78 Å². The molecule has 2 heterocycles. The van der Waals surface area contributed by atoms with Crippen molar-refractivity contribution in [2.75, 3.05) is 6.61 Å². The third-order valence-corrected chi connectivity index (χ3v) is 8.94. The highest BCUT2D eigenvalue weighted by Gasteiger charge is 2.33.